The molecule has 0 saturated carbocycles. The minimum absolute atomic E-state index is 0.472. The Morgan fingerprint density at radius 3 is 1.96 bits per heavy atom. The summed E-state index contributed by atoms with van der Waals surface area (Å²) >= 11 is 0. The Balaban J connectivity index is 1.86. The lowest BCUT2D eigenvalue weighted by molar-refractivity contribution is 1.09. The highest BCUT2D eigenvalue weighted by Gasteiger charge is 2.04. The summed E-state index contributed by atoms with van der Waals surface area (Å²) < 4.78 is 0. The molecule has 5 nitrogen and oxygen atoms in total. The minimum atomic E-state index is 0.472. The summed E-state index contributed by atoms with van der Waals surface area (Å²) in [6, 6.07) is 14.3. The van der Waals surface area contributed by atoms with E-state index in [9.17, 15) is 0 Å². The van der Waals surface area contributed by atoms with E-state index in [2.05, 4.69) is 38.1 Å². The van der Waals surface area contributed by atoms with Crippen molar-refractivity contribution in [3.8, 4) is 0 Å². The molecule has 0 aliphatic carbocycles. The predicted molar refractivity (Wildman–Crippen MR) is 107 cm³/mol. The minimum Gasteiger partial charge on any atom is -0.355 e. The summed E-state index contributed by atoms with van der Waals surface area (Å²) in [7, 11) is 0. The largest absolute Gasteiger partial charge is 0.355 e. The average Bonchev–Trinajstić information content (AvgIpc) is 3.39. The van der Waals surface area contributed by atoms with Gasteiger partial charge in [0.25, 0.3) is 0 Å². The zero-order valence-electron chi connectivity index (χ0n) is 14.0. The van der Waals surface area contributed by atoms with E-state index >= 15 is 0 Å². The first kappa shape index (κ1) is 14.9. The molecule has 2 aliphatic rings. The number of aromatic nitrogens is 4. The molecule has 5 rings (SSSR count). The van der Waals surface area contributed by atoms with E-state index in [-0.39, 0.29) is 0 Å². The van der Waals surface area contributed by atoms with Gasteiger partial charge in [0.05, 0.1) is 22.8 Å². The van der Waals surface area contributed by atoms with Gasteiger partial charge in [-0.15, -0.1) is 0 Å². The molecule has 3 aromatic heterocycles. The van der Waals surface area contributed by atoms with Crippen LogP contribution in [0.4, 0.5) is 0 Å². The molecule has 0 amide bonds. The van der Waals surface area contributed by atoms with Crippen molar-refractivity contribution in [3.05, 3.63) is 70.8 Å². The van der Waals surface area contributed by atoms with E-state index in [1.165, 1.54) is 0 Å². The van der Waals surface area contributed by atoms with Crippen LogP contribution < -0.4 is 5.73 Å². The van der Waals surface area contributed by atoms with Gasteiger partial charge in [0.15, 0.2) is 0 Å². The first-order valence-corrected chi connectivity index (χ1v) is 8.53. The molecular formula is C21H17N5. The Labute approximate surface area is 150 Å². The quantitative estimate of drug-likeness (QED) is 0.430. The molecule has 4 N–H and O–H groups in total. The molecule has 0 radical (unpaired) electrons. The van der Waals surface area contributed by atoms with E-state index in [4.69, 9.17) is 5.73 Å². The van der Waals surface area contributed by atoms with E-state index in [1.807, 2.05) is 48.6 Å². The van der Waals surface area contributed by atoms with E-state index in [0.29, 0.717) is 6.54 Å². The summed E-state index contributed by atoms with van der Waals surface area (Å²) in [4.78, 5) is 16.1. The summed E-state index contributed by atoms with van der Waals surface area (Å²) in [5, 5.41) is 0. The number of H-pyrrole nitrogens is 2. The van der Waals surface area contributed by atoms with Gasteiger partial charge in [0.2, 0.25) is 0 Å². The number of fused-ring (bicyclic) bond motifs is 8. The number of hydrogen-bond donors (Lipinski definition) is 3. The molecule has 0 saturated heterocycles. The van der Waals surface area contributed by atoms with Gasteiger partial charge in [0, 0.05) is 28.6 Å². The van der Waals surface area contributed by atoms with Gasteiger partial charge in [-0.2, -0.15) is 0 Å². The average molecular weight is 339 g/mol. The Kier molecular flexibility index (Phi) is 3.33. The molecule has 0 fully saturated rings. The van der Waals surface area contributed by atoms with Crippen molar-refractivity contribution in [2.24, 2.45) is 5.73 Å². The number of hydrogen-bond acceptors (Lipinski definition) is 3. The Morgan fingerprint density at radius 2 is 1.27 bits per heavy atom. The monoisotopic (exact) mass is 339 g/mol. The van der Waals surface area contributed by atoms with Crippen molar-refractivity contribution in [1.82, 2.24) is 19.9 Å². The fourth-order valence-corrected chi connectivity index (χ4v) is 3.25. The van der Waals surface area contributed by atoms with Crippen molar-refractivity contribution in [3.63, 3.8) is 0 Å². The Bertz CT molecular complexity index is 1220. The number of nitrogens with two attached hydrogens (primary N) is 1. The smallest absolute Gasteiger partial charge is 0.0659 e. The van der Waals surface area contributed by atoms with E-state index in [1.54, 1.807) is 0 Å². The standard InChI is InChI=1S/C21H17N5/c22-12-13-7-20-10-18-4-3-16(24-18)8-14-1-2-15(23-14)9-17-5-6-19(25-17)11-21(13)26-20/h1-11,24,26H,12,22H2. The van der Waals surface area contributed by atoms with Gasteiger partial charge >= 0.3 is 0 Å². The molecule has 2 aliphatic heterocycles. The van der Waals surface area contributed by atoms with Gasteiger partial charge in [-0.05, 0) is 72.3 Å². The second-order valence-corrected chi connectivity index (χ2v) is 6.40. The maximum Gasteiger partial charge on any atom is 0.0659 e. The normalized spacial score (nSPS) is 12.7. The topological polar surface area (TPSA) is 83.4 Å². The van der Waals surface area contributed by atoms with Gasteiger partial charge < -0.3 is 15.7 Å². The predicted octanol–water partition coefficient (Wildman–Crippen LogP) is 4.11. The lowest BCUT2D eigenvalue weighted by Gasteiger charge is -1.89. The molecule has 5 heteroatoms. The second kappa shape index (κ2) is 5.82. The maximum absolute atomic E-state index is 5.92. The Hall–Kier alpha value is -3.44. The van der Waals surface area contributed by atoms with Crippen LogP contribution in [0.2, 0.25) is 0 Å². The van der Waals surface area contributed by atoms with Crippen molar-refractivity contribution in [2.75, 3.05) is 0 Å². The molecule has 3 aromatic rings. The summed E-state index contributed by atoms with van der Waals surface area (Å²) in [6.45, 7) is 0.472. The zero-order chi connectivity index (χ0) is 17.5. The maximum atomic E-state index is 5.92. The fourth-order valence-electron chi connectivity index (χ4n) is 3.25. The molecule has 0 spiro atoms. The van der Waals surface area contributed by atoms with Crippen LogP contribution in [0.5, 0.6) is 0 Å². The van der Waals surface area contributed by atoms with Crippen LogP contribution in [0, 0.1) is 0 Å². The van der Waals surface area contributed by atoms with Crippen molar-refractivity contribution in [1.29, 1.82) is 0 Å². The summed E-state index contributed by atoms with van der Waals surface area (Å²) in [5.41, 5.74) is 14.6. The SMILES string of the molecule is NCc1cc2cc3ccc(cc4nc(cc5nc(cc1[nH]2)C=C5)C=C4)[nH]3. The van der Waals surface area contributed by atoms with Crippen LogP contribution in [-0.2, 0) is 6.54 Å². The zero-order valence-corrected chi connectivity index (χ0v) is 14.0. The molecule has 5 heterocycles. The van der Waals surface area contributed by atoms with Gasteiger partial charge in [0.1, 0.15) is 0 Å². The summed E-state index contributed by atoms with van der Waals surface area (Å²) in [5.74, 6) is 0. The van der Waals surface area contributed by atoms with Crippen LogP contribution in [0.25, 0.3) is 46.4 Å². The van der Waals surface area contributed by atoms with Crippen LogP contribution in [0.15, 0.2) is 42.5 Å². The van der Waals surface area contributed by atoms with Crippen molar-refractivity contribution >= 4 is 46.4 Å². The van der Waals surface area contributed by atoms with Crippen LogP contribution in [-0.4, -0.2) is 19.9 Å². The number of nitrogens with zero attached hydrogens (tertiary/aromatic N) is 2. The van der Waals surface area contributed by atoms with Gasteiger partial charge in [-0.3, -0.25) is 0 Å². The molecule has 0 unspecified atom stereocenters. The highest BCUT2D eigenvalue weighted by Crippen LogP contribution is 2.19. The second-order valence-electron chi connectivity index (χ2n) is 6.40. The van der Waals surface area contributed by atoms with Crippen molar-refractivity contribution in [2.45, 2.75) is 6.54 Å². The molecule has 0 atom stereocenters. The van der Waals surface area contributed by atoms with E-state index in [0.717, 1.165) is 50.4 Å². The van der Waals surface area contributed by atoms with Gasteiger partial charge in [-0.1, -0.05) is 0 Å². The number of rotatable bonds is 1. The third-order valence-electron chi connectivity index (χ3n) is 4.47. The Morgan fingerprint density at radius 1 is 0.654 bits per heavy atom. The molecular weight excluding hydrogens is 322 g/mol. The first-order chi connectivity index (χ1) is 12.7. The number of nitrogens with one attached hydrogen (secondary N) is 2. The molecule has 26 heavy (non-hydrogen) atoms. The lowest BCUT2D eigenvalue weighted by Crippen LogP contribution is -1.94. The molecule has 0 aromatic carbocycles. The third-order valence-corrected chi connectivity index (χ3v) is 4.47. The third kappa shape index (κ3) is 2.74. The summed E-state index contributed by atoms with van der Waals surface area (Å²) in [6.07, 6.45) is 8.01. The number of aromatic amines is 2. The lowest BCUT2D eigenvalue weighted by atomic mass is 10.2. The fraction of sp³-hybridized carbons (Fsp3) is 0.0476. The van der Waals surface area contributed by atoms with Crippen LogP contribution >= 0.6 is 0 Å². The van der Waals surface area contributed by atoms with E-state index < -0.39 is 0 Å². The van der Waals surface area contributed by atoms with Crippen LogP contribution in [0.1, 0.15) is 28.3 Å². The molecule has 8 bridgehead atoms. The highest BCUT2D eigenvalue weighted by atomic mass is 14.8. The van der Waals surface area contributed by atoms with Crippen molar-refractivity contribution < 1.29 is 0 Å². The van der Waals surface area contributed by atoms with Gasteiger partial charge in [-0.25, -0.2) is 9.97 Å². The van der Waals surface area contributed by atoms with Crippen LogP contribution in [0.3, 0.4) is 0 Å². The molecule has 126 valence electrons. The first-order valence-electron chi connectivity index (χ1n) is 8.53. The highest BCUT2D eigenvalue weighted by molar-refractivity contribution is 5.78.